The highest BCUT2D eigenvalue weighted by Gasteiger charge is 2.17. The molecule has 4 nitrogen and oxygen atoms in total. The van der Waals surface area contributed by atoms with Crippen LogP contribution in [0.25, 0.3) is 0 Å². The van der Waals surface area contributed by atoms with Crippen LogP contribution >= 0.6 is 11.8 Å². The van der Waals surface area contributed by atoms with Crippen LogP contribution in [-0.4, -0.2) is 32.3 Å². The van der Waals surface area contributed by atoms with E-state index in [4.69, 9.17) is 0 Å². The molecule has 0 fully saturated rings. The Hall–Kier alpha value is -0.230. The Bertz CT molecular complexity index is 243. The Morgan fingerprint density at radius 2 is 2.40 bits per heavy atom. The smallest absolute Gasteiger partial charge is 0.261 e. The van der Waals surface area contributed by atoms with Crippen molar-refractivity contribution in [3.8, 4) is 0 Å². The first-order valence-corrected chi connectivity index (χ1v) is 5.23. The van der Waals surface area contributed by atoms with Gasteiger partial charge in [-0.3, -0.25) is 0 Å². The molecule has 0 saturated carbocycles. The van der Waals surface area contributed by atoms with Crippen molar-refractivity contribution in [2.24, 2.45) is 4.40 Å². The molecule has 0 amide bonds. The Labute approximate surface area is 63.7 Å². The molecule has 6 heteroatoms. The molecule has 0 aromatic heterocycles. The summed E-state index contributed by atoms with van der Waals surface area (Å²) in [5.41, 5.74) is 0. The van der Waals surface area contributed by atoms with Crippen LogP contribution in [0.1, 0.15) is 0 Å². The minimum Gasteiger partial charge on any atom is -0.476 e. The molecule has 1 rings (SSSR count). The molecular weight excluding hydrogens is 174 g/mol. The average molecular weight is 181 g/mol. The lowest BCUT2D eigenvalue weighted by atomic mass is 11.0. The van der Waals surface area contributed by atoms with Crippen molar-refractivity contribution in [3.05, 3.63) is 0 Å². The molecule has 0 unspecified atom stereocenters. The van der Waals surface area contributed by atoms with Gasteiger partial charge in [0.05, 0.1) is 12.9 Å². The summed E-state index contributed by atoms with van der Waals surface area (Å²) in [4.78, 5) is 0. The lowest BCUT2D eigenvalue weighted by Crippen LogP contribution is -2.15. The minimum atomic E-state index is -3.20. The Morgan fingerprint density at radius 3 is 2.80 bits per heavy atom. The molecule has 1 aliphatic rings. The van der Waals surface area contributed by atoms with Gasteiger partial charge < -0.3 is 4.74 Å². The van der Waals surface area contributed by atoms with Gasteiger partial charge in [0.15, 0.2) is 0 Å². The molecule has 0 spiro atoms. The van der Waals surface area contributed by atoms with Crippen molar-refractivity contribution in [1.29, 1.82) is 0 Å². The zero-order valence-corrected chi connectivity index (χ0v) is 7.04. The number of nitrogens with zero attached hydrogens (tertiary/aromatic N) is 1. The van der Waals surface area contributed by atoms with E-state index in [-0.39, 0.29) is 11.0 Å². The third-order valence-electron chi connectivity index (χ3n) is 0.955. The van der Waals surface area contributed by atoms with Gasteiger partial charge in [-0.1, -0.05) is 11.8 Å². The number of sulfonamides is 1. The van der Waals surface area contributed by atoms with Crippen molar-refractivity contribution in [3.63, 3.8) is 0 Å². The highest BCUT2D eigenvalue weighted by molar-refractivity contribution is 8.15. The normalized spacial score (nSPS) is 23.5. The van der Waals surface area contributed by atoms with E-state index >= 15 is 0 Å². The third-order valence-corrected chi connectivity index (χ3v) is 3.41. The Kier molecular flexibility index (Phi) is 2.20. The molecule has 1 aliphatic heterocycles. The molecule has 0 aromatic rings. The molecule has 0 aromatic carbocycles. The van der Waals surface area contributed by atoms with Gasteiger partial charge in [-0.2, -0.15) is 0 Å². The van der Waals surface area contributed by atoms with Crippen LogP contribution in [0, 0.1) is 0 Å². The van der Waals surface area contributed by atoms with Gasteiger partial charge in [-0.05, 0) is 0 Å². The Balaban J connectivity index is 2.87. The number of thioether (sulfide) groups is 1. The van der Waals surface area contributed by atoms with Crippen LogP contribution in [0.5, 0.6) is 0 Å². The summed E-state index contributed by atoms with van der Waals surface area (Å²) in [7, 11) is -1.79. The van der Waals surface area contributed by atoms with Crippen LogP contribution in [0.15, 0.2) is 4.40 Å². The fraction of sp³-hybridized carbons (Fsp3) is 0.750. The first-order valence-electron chi connectivity index (χ1n) is 2.63. The summed E-state index contributed by atoms with van der Waals surface area (Å²) in [6.07, 6.45) is 0. The van der Waals surface area contributed by atoms with Crippen molar-refractivity contribution in [2.45, 2.75) is 0 Å². The summed E-state index contributed by atoms with van der Waals surface area (Å²) >= 11 is 1.31. The maximum absolute atomic E-state index is 10.7. The average Bonchev–Trinajstić information content (AvgIpc) is 1.86. The second-order valence-electron chi connectivity index (χ2n) is 1.70. The van der Waals surface area contributed by atoms with Crippen LogP contribution < -0.4 is 0 Å². The van der Waals surface area contributed by atoms with Gasteiger partial charge in [0.25, 0.3) is 15.3 Å². The van der Waals surface area contributed by atoms with E-state index in [2.05, 4.69) is 9.13 Å². The molecule has 0 atom stereocenters. The van der Waals surface area contributed by atoms with Crippen molar-refractivity contribution >= 4 is 27.0 Å². The Morgan fingerprint density at radius 1 is 1.70 bits per heavy atom. The van der Waals surface area contributed by atoms with E-state index in [0.717, 1.165) is 0 Å². The number of hydrogen-bond acceptors (Lipinski definition) is 4. The molecular formula is C4H7NO3S2. The van der Waals surface area contributed by atoms with Gasteiger partial charge in [0.2, 0.25) is 0 Å². The fourth-order valence-corrected chi connectivity index (χ4v) is 2.93. The predicted molar refractivity (Wildman–Crippen MR) is 40.7 cm³/mol. The van der Waals surface area contributed by atoms with E-state index in [0.29, 0.717) is 5.75 Å². The topological polar surface area (TPSA) is 55.7 Å². The van der Waals surface area contributed by atoms with E-state index in [9.17, 15) is 8.42 Å². The van der Waals surface area contributed by atoms with Crippen molar-refractivity contribution in [1.82, 2.24) is 0 Å². The zero-order valence-electron chi connectivity index (χ0n) is 5.40. The zero-order chi connectivity index (χ0) is 7.61. The second kappa shape index (κ2) is 2.79. The minimum absolute atomic E-state index is 0.116. The summed E-state index contributed by atoms with van der Waals surface area (Å²) in [6.45, 7) is 0. The molecule has 0 radical (unpaired) electrons. The molecule has 0 N–H and O–H groups in total. The van der Waals surface area contributed by atoms with E-state index in [1.807, 2.05) is 0 Å². The fourth-order valence-electron chi connectivity index (χ4n) is 0.516. The standard InChI is InChI=1S/C4H7NO3S2/c1-8-4-5-10(6,7)3-2-9-4/h2-3H2,1H3. The monoisotopic (exact) mass is 181 g/mol. The number of ether oxygens (including phenoxy) is 1. The molecule has 0 aliphatic carbocycles. The third kappa shape index (κ3) is 1.88. The highest BCUT2D eigenvalue weighted by Crippen LogP contribution is 2.14. The molecule has 0 saturated heterocycles. The molecule has 58 valence electrons. The summed E-state index contributed by atoms with van der Waals surface area (Å²) < 4.78 is 29.5. The predicted octanol–water partition coefficient (Wildman–Crippen LogP) is 0.0654. The van der Waals surface area contributed by atoms with Gasteiger partial charge in [0.1, 0.15) is 0 Å². The number of methoxy groups -OCH3 is 1. The van der Waals surface area contributed by atoms with Gasteiger partial charge in [0, 0.05) is 5.75 Å². The summed E-state index contributed by atoms with van der Waals surface area (Å²) in [5.74, 6) is 0.652. The van der Waals surface area contributed by atoms with Crippen LogP contribution in [0.2, 0.25) is 0 Å². The first kappa shape index (κ1) is 7.87. The van der Waals surface area contributed by atoms with Crippen LogP contribution in [0.3, 0.4) is 0 Å². The number of rotatable bonds is 0. The highest BCUT2D eigenvalue weighted by atomic mass is 32.2. The SMILES string of the molecule is COC1=NS(=O)(=O)CCS1. The van der Waals surface area contributed by atoms with Gasteiger partial charge in [-0.15, -0.1) is 4.40 Å². The quantitative estimate of drug-likeness (QED) is 0.530. The summed E-state index contributed by atoms with van der Waals surface area (Å²) in [6, 6.07) is 0. The van der Waals surface area contributed by atoms with Crippen LogP contribution in [0.4, 0.5) is 0 Å². The van der Waals surface area contributed by atoms with Crippen molar-refractivity contribution in [2.75, 3.05) is 18.6 Å². The van der Waals surface area contributed by atoms with Crippen molar-refractivity contribution < 1.29 is 13.2 Å². The van der Waals surface area contributed by atoms with E-state index in [1.165, 1.54) is 18.9 Å². The maximum atomic E-state index is 10.7. The van der Waals surface area contributed by atoms with Gasteiger partial charge >= 0.3 is 0 Å². The molecule has 1 heterocycles. The summed E-state index contributed by atoms with van der Waals surface area (Å²) in [5, 5.41) is 0.242. The van der Waals surface area contributed by atoms with E-state index in [1.54, 1.807) is 0 Å². The number of hydrogen-bond donors (Lipinski definition) is 0. The van der Waals surface area contributed by atoms with Crippen LogP contribution in [-0.2, 0) is 14.8 Å². The lowest BCUT2D eigenvalue weighted by Gasteiger charge is -2.08. The molecule has 10 heavy (non-hydrogen) atoms. The maximum Gasteiger partial charge on any atom is 0.261 e. The van der Waals surface area contributed by atoms with E-state index < -0.39 is 10.0 Å². The molecule has 0 bridgehead atoms. The lowest BCUT2D eigenvalue weighted by molar-refractivity contribution is 0.416. The first-order chi connectivity index (χ1) is 4.64. The van der Waals surface area contributed by atoms with Gasteiger partial charge in [-0.25, -0.2) is 8.42 Å². The largest absolute Gasteiger partial charge is 0.476 e. The second-order valence-corrected chi connectivity index (χ2v) is 4.50.